The van der Waals surface area contributed by atoms with Crippen LogP contribution in [0.1, 0.15) is 31.0 Å². The van der Waals surface area contributed by atoms with Crippen LogP contribution in [0.25, 0.3) is 5.65 Å². The molecule has 0 aromatic carbocycles. The molecule has 0 amide bonds. The van der Waals surface area contributed by atoms with Crippen LogP contribution in [-0.2, 0) is 6.42 Å². The fraction of sp³-hybridized carbons (Fsp3) is 0.579. The summed E-state index contributed by atoms with van der Waals surface area (Å²) in [7, 11) is 1.83. The number of nitrogens with one attached hydrogen (secondary N) is 2. The van der Waals surface area contributed by atoms with E-state index in [4.69, 9.17) is 4.98 Å². The van der Waals surface area contributed by atoms with Gasteiger partial charge in [-0.05, 0) is 44.5 Å². The van der Waals surface area contributed by atoms with Gasteiger partial charge in [-0.1, -0.05) is 13.0 Å². The molecular weight excluding hydrogens is 439 g/mol. The van der Waals surface area contributed by atoms with Gasteiger partial charge in [0.1, 0.15) is 5.65 Å². The number of guanidine groups is 1. The molecule has 2 N–H and O–H groups in total. The summed E-state index contributed by atoms with van der Waals surface area (Å²) >= 11 is 0. The van der Waals surface area contributed by atoms with Crippen LogP contribution in [0, 0.1) is 6.92 Å². The van der Waals surface area contributed by atoms with Crippen LogP contribution in [0.15, 0.2) is 29.5 Å². The Morgan fingerprint density at radius 3 is 2.96 bits per heavy atom. The first-order chi connectivity index (χ1) is 12.2. The Labute approximate surface area is 173 Å². The molecule has 3 heterocycles. The van der Waals surface area contributed by atoms with Crippen molar-refractivity contribution >= 4 is 35.6 Å². The van der Waals surface area contributed by atoms with Gasteiger partial charge in [0.05, 0.1) is 5.69 Å². The lowest BCUT2D eigenvalue weighted by Gasteiger charge is -2.23. The molecular formula is C19H31IN6. The number of aromatic nitrogens is 2. The highest BCUT2D eigenvalue weighted by atomic mass is 127. The van der Waals surface area contributed by atoms with Crippen molar-refractivity contribution in [3.63, 3.8) is 0 Å². The zero-order chi connectivity index (χ0) is 17.6. The van der Waals surface area contributed by atoms with Crippen LogP contribution in [0.2, 0.25) is 0 Å². The third-order valence-electron chi connectivity index (χ3n) is 5.04. The van der Waals surface area contributed by atoms with Crippen molar-refractivity contribution in [3.05, 3.63) is 35.8 Å². The van der Waals surface area contributed by atoms with Gasteiger partial charge in [0.2, 0.25) is 0 Å². The lowest BCUT2D eigenvalue weighted by Crippen LogP contribution is -2.45. The normalized spacial score (nSPS) is 18.1. The van der Waals surface area contributed by atoms with Crippen molar-refractivity contribution in [2.75, 3.05) is 33.2 Å². The van der Waals surface area contributed by atoms with Gasteiger partial charge in [0, 0.05) is 45.0 Å². The highest BCUT2D eigenvalue weighted by Gasteiger charge is 2.22. The minimum Gasteiger partial charge on any atom is -0.356 e. The number of imidazole rings is 1. The van der Waals surface area contributed by atoms with E-state index in [1.807, 2.05) is 13.2 Å². The summed E-state index contributed by atoms with van der Waals surface area (Å²) in [5, 5.41) is 6.87. The quantitative estimate of drug-likeness (QED) is 0.387. The number of rotatable bonds is 6. The second kappa shape index (κ2) is 10.1. The first-order valence-electron chi connectivity index (χ1n) is 9.33. The average molecular weight is 470 g/mol. The number of fused-ring (bicyclic) bond motifs is 1. The second-order valence-corrected chi connectivity index (χ2v) is 6.71. The van der Waals surface area contributed by atoms with E-state index < -0.39 is 0 Å². The predicted octanol–water partition coefficient (Wildman–Crippen LogP) is 2.45. The summed E-state index contributed by atoms with van der Waals surface area (Å²) in [4.78, 5) is 11.6. The standard InChI is InChI=1S/C19H30N6.HI/c1-4-24-11-6-8-17(24)13-22-19(20-3)21-10-9-16-14-25-12-5-7-15(2)18(25)23-16;/h5,7,12,14,17H,4,6,8-11,13H2,1-3H3,(H2,20,21,22);1H. The topological polar surface area (TPSA) is 57.0 Å². The van der Waals surface area contributed by atoms with Gasteiger partial charge in [-0.25, -0.2) is 4.98 Å². The van der Waals surface area contributed by atoms with Crippen LogP contribution < -0.4 is 10.6 Å². The van der Waals surface area contributed by atoms with Gasteiger partial charge in [-0.2, -0.15) is 0 Å². The van der Waals surface area contributed by atoms with E-state index in [0.29, 0.717) is 6.04 Å². The molecule has 2 aromatic heterocycles. The maximum absolute atomic E-state index is 4.72. The Kier molecular flexibility index (Phi) is 8.15. The van der Waals surface area contributed by atoms with E-state index in [-0.39, 0.29) is 24.0 Å². The minimum atomic E-state index is 0. The Morgan fingerprint density at radius 1 is 1.38 bits per heavy atom. The summed E-state index contributed by atoms with van der Waals surface area (Å²) in [6, 6.07) is 4.78. The average Bonchev–Trinajstić information content (AvgIpc) is 3.24. The number of nitrogens with zero attached hydrogens (tertiary/aromatic N) is 4. The molecule has 0 radical (unpaired) electrons. The number of likely N-dealkylation sites (tertiary alicyclic amines) is 1. The maximum atomic E-state index is 4.72. The third kappa shape index (κ3) is 5.09. The van der Waals surface area contributed by atoms with Crippen LogP contribution in [-0.4, -0.2) is 59.5 Å². The highest BCUT2D eigenvalue weighted by molar-refractivity contribution is 14.0. The minimum absolute atomic E-state index is 0. The van der Waals surface area contributed by atoms with Crippen molar-refractivity contribution in [3.8, 4) is 0 Å². The van der Waals surface area contributed by atoms with E-state index >= 15 is 0 Å². The molecule has 1 aliphatic heterocycles. The van der Waals surface area contributed by atoms with Crippen LogP contribution >= 0.6 is 24.0 Å². The zero-order valence-corrected chi connectivity index (χ0v) is 18.4. The van der Waals surface area contributed by atoms with Gasteiger partial charge >= 0.3 is 0 Å². The summed E-state index contributed by atoms with van der Waals surface area (Å²) in [6.07, 6.45) is 7.62. The van der Waals surface area contributed by atoms with Gasteiger partial charge in [-0.3, -0.25) is 9.89 Å². The Hall–Kier alpha value is -1.35. The van der Waals surface area contributed by atoms with Crippen molar-refractivity contribution in [1.29, 1.82) is 0 Å². The fourth-order valence-corrected chi connectivity index (χ4v) is 3.61. The Morgan fingerprint density at radius 2 is 2.23 bits per heavy atom. The number of aliphatic imine (C=N–C) groups is 1. The summed E-state index contributed by atoms with van der Waals surface area (Å²) < 4.78 is 2.09. The number of pyridine rings is 1. The molecule has 1 unspecified atom stereocenters. The summed E-state index contributed by atoms with van der Waals surface area (Å²) in [5.41, 5.74) is 3.35. The molecule has 1 saturated heterocycles. The van der Waals surface area contributed by atoms with E-state index in [2.05, 4.69) is 57.1 Å². The van der Waals surface area contributed by atoms with Gasteiger partial charge < -0.3 is 15.0 Å². The fourth-order valence-electron chi connectivity index (χ4n) is 3.61. The molecule has 1 aliphatic rings. The molecule has 0 spiro atoms. The number of likely N-dealkylation sites (N-methyl/N-ethyl adjacent to an activating group) is 1. The monoisotopic (exact) mass is 470 g/mol. The van der Waals surface area contributed by atoms with Crippen molar-refractivity contribution in [2.24, 2.45) is 4.99 Å². The Bertz CT molecular complexity index is 726. The number of hydrogen-bond donors (Lipinski definition) is 2. The summed E-state index contributed by atoms with van der Waals surface area (Å²) in [5.74, 6) is 0.878. The molecule has 1 atom stereocenters. The molecule has 0 bridgehead atoms. The maximum Gasteiger partial charge on any atom is 0.191 e. The van der Waals surface area contributed by atoms with Crippen molar-refractivity contribution < 1.29 is 0 Å². The molecule has 0 aliphatic carbocycles. The second-order valence-electron chi connectivity index (χ2n) is 6.71. The summed E-state index contributed by atoms with van der Waals surface area (Å²) in [6.45, 7) is 8.47. The van der Waals surface area contributed by atoms with Crippen LogP contribution in [0.5, 0.6) is 0 Å². The molecule has 2 aromatic rings. The number of aryl methyl sites for hydroxylation is 1. The van der Waals surface area contributed by atoms with E-state index in [1.165, 1.54) is 24.9 Å². The molecule has 3 rings (SSSR count). The molecule has 7 heteroatoms. The lowest BCUT2D eigenvalue weighted by molar-refractivity contribution is 0.267. The Balaban J connectivity index is 0.00000243. The largest absolute Gasteiger partial charge is 0.356 e. The molecule has 1 fully saturated rings. The zero-order valence-electron chi connectivity index (χ0n) is 16.0. The van der Waals surface area contributed by atoms with E-state index in [1.54, 1.807) is 0 Å². The van der Waals surface area contributed by atoms with Crippen molar-refractivity contribution in [2.45, 2.75) is 39.2 Å². The first kappa shape index (κ1) is 21.0. The third-order valence-corrected chi connectivity index (χ3v) is 5.04. The molecule has 26 heavy (non-hydrogen) atoms. The van der Waals surface area contributed by atoms with Gasteiger partial charge in [0.25, 0.3) is 0 Å². The SMILES string of the molecule is CCN1CCCC1CNC(=NC)NCCc1cn2cccc(C)c2n1.I. The highest BCUT2D eigenvalue weighted by Crippen LogP contribution is 2.15. The van der Waals surface area contributed by atoms with Crippen molar-refractivity contribution in [1.82, 2.24) is 24.9 Å². The lowest BCUT2D eigenvalue weighted by atomic mass is 10.2. The van der Waals surface area contributed by atoms with Crippen LogP contribution in [0.3, 0.4) is 0 Å². The molecule has 0 saturated carbocycles. The number of halogens is 1. The van der Waals surface area contributed by atoms with Crippen LogP contribution in [0.4, 0.5) is 0 Å². The molecule has 6 nitrogen and oxygen atoms in total. The van der Waals surface area contributed by atoms with E-state index in [9.17, 15) is 0 Å². The molecule has 144 valence electrons. The van der Waals surface area contributed by atoms with E-state index in [0.717, 1.165) is 43.4 Å². The van der Waals surface area contributed by atoms with Gasteiger partial charge in [-0.15, -0.1) is 24.0 Å². The predicted molar refractivity (Wildman–Crippen MR) is 119 cm³/mol. The first-order valence-corrected chi connectivity index (χ1v) is 9.33. The number of hydrogen-bond acceptors (Lipinski definition) is 3. The van der Waals surface area contributed by atoms with Gasteiger partial charge in [0.15, 0.2) is 5.96 Å². The smallest absolute Gasteiger partial charge is 0.191 e.